The number of rotatable bonds is 2. The zero-order valence-corrected chi connectivity index (χ0v) is 12.0. The Bertz CT molecular complexity index is 398. The number of hydrogen-bond acceptors (Lipinski definition) is 3. The topological polar surface area (TPSA) is 46.6 Å². The lowest BCUT2D eigenvalue weighted by atomic mass is 9.85. The fourth-order valence-corrected chi connectivity index (χ4v) is 3.45. The molecule has 4 heteroatoms. The maximum absolute atomic E-state index is 12.4. The third kappa shape index (κ3) is 2.82. The molecule has 106 valence electrons. The van der Waals surface area contributed by atoms with Crippen molar-refractivity contribution >= 4 is 11.9 Å². The van der Waals surface area contributed by atoms with Crippen LogP contribution in [-0.2, 0) is 14.3 Å². The second-order valence-corrected chi connectivity index (χ2v) is 5.85. The molecule has 1 heterocycles. The standard InChI is InChI=1S/C15H23NO3/c1-10(2)8-14(17)16-12-7-5-4-6-11(12)9-13(16)15(18)19-3/h8,11-13H,4-7,9H2,1-3H3/t11-,12-,13-/m0/s1. The highest BCUT2D eigenvalue weighted by Crippen LogP contribution is 2.40. The molecule has 0 spiro atoms. The molecule has 0 aromatic rings. The zero-order chi connectivity index (χ0) is 14.0. The van der Waals surface area contributed by atoms with Gasteiger partial charge in [-0.1, -0.05) is 18.4 Å². The van der Waals surface area contributed by atoms with Crippen LogP contribution in [0.25, 0.3) is 0 Å². The van der Waals surface area contributed by atoms with E-state index in [1.165, 1.54) is 13.5 Å². The van der Waals surface area contributed by atoms with Crippen LogP contribution in [0.4, 0.5) is 0 Å². The minimum absolute atomic E-state index is 0.0372. The second-order valence-electron chi connectivity index (χ2n) is 5.85. The first-order valence-electron chi connectivity index (χ1n) is 7.09. The molecular weight excluding hydrogens is 242 g/mol. The minimum Gasteiger partial charge on any atom is -0.467 e. The highest BCUT2D eigenvalue weighted by atomic mass is 16.5. The van der Waals surface area contributed by atoms with Gasteiger partial charge >= 0.3 is 5.97 Å². The maximum atomic E-state index is 12.4. The van der Waals surface area contributed by atoms with Gasteiger partial charge in [-0.25, -0.2) is 4.79 Å². The Hall–Kier alpha value is -1.32. The highest BCUT2D eigenvalue weighted by Gasteiger charge is 2.47. The van der Waals surface area contributed by atoms with Gasteiger partial charge < -0.3 is 9.64 Å². The van der Waals surface area contributed by atoms with E-state index in [1.54, 1.807) is 11.0 Å². The molecule has 0 bridgehead atoms. The summed E-state index contributed by atoms with van der Waals surface area (Å²) in [6.07, 6.45) is 6.89. The molecule has 2 aliphatic rings. The summed E-state index contributed by atoms with van der Waals surface area (Å²) < 4.78 is 4.87. The molecular formula is C15H23NO3. The Morgan fingerprint density at radius 1 is 1.21 bits per heavy atom. The van der Waals surface area contributed by atoms with Crippen LogP contribution >= 0.6 is 0 Å². The number of nitrogens with zero attached hydrogens (tertiary/aromatic N) is 1. The third-order valence-electron chi connectivity index (χ3n) is 4.23. The van der Waals surface area contributed by atoms with Gasteiger partial charge in [-0.15, -0.1) is 0 Å². The van der Waals surface area contributed by atoms with Gasteiger partial charge in [0.25, 0.3) is 0 Å². The Kier molecular flexibility index (Phi) is 4.27. The number of methoxy groups -OCH3 is 1. The second kappa shape index (κ2) is 5.76. The number of esters is 1. The predicted octanol–water partition coefficient (Wildman–Crippen LogP) is 2.29. The van der Waals surface area contributed by atoms with Crippen LogP contribution in [-0.4, -0.2) is 36.0 Å². The summed E-state index contributed by atoms with van der Waals surface area (Å²) in [6, 6.07) is -0.165. The van der Waals surface area contributed by atoms with Crippen LogP contribution in [0.3, 0.4) is 0 Å². The van der Waals surface area contributed by atoms with Gasteiger partial charge in [0.05, 0.1) is 7.11 Å². The number of amides is 1. The summed E-state index contributed by atoms with van der Waals surface area (Å²) in [5.41, 5.74) is 0.966. The maximum Gasteiger partial charge on any atom is 0.328 e. The van der Waals surface area contributed by atoms with Crippen molar-refractivity contribution in [2.45, 2.75) is 58.0 Å². The van der Waals surface area contributed by atoms with Crippen LogP contribution in [0.15, 0.2) is 11.6 Å². The molecule has 1 amide bonds. The monoisotopic (exact) mass is 265 g/mol. The van der Waals surface area contributed by atoms with E-state index in [4.69, 9.17) is 4.74 Å². The Morgan fingerprint density at radius 2 is 1.89 bits per heavy atom. The van der Waals surface area contributed by atoms with Gasteiger partial charge in [0.15, 0.2) is 0 Å². The van der Waals surface area contributed by atoms with Gasteiger partial charge in [0.1, 0.15) is 6.04 Å². The average Bonchev–Trinajstić information content (AvgIpc) is 2.76. The van der Waals surface area contributed by atoms with Crippen molar-refractivity contribution in [2.24, 2.45) is 5.92 Å². The molecule has 1 saturated heterocycles. The third-order valence-corrected chi connectivity index (χ3v) is 4.23. The fraction of sp³-hybridized carbons (Fsp3) is 0.733. The number of carbonyl (C=O) groups excluding carboxylic acids is 2. The summed E-state index contributed by atoms with van der Waals surface area (Å²) in [5, 5.41) is 0. The van der Waals surface area contributed by atoms with E-state index in [1.807, 2.05) is 13.8 Å². The SMILES string of the molecule is COC(=O)[C@@H]1C[C@@H]2CCCC[C@@H]2N1C(=O)C=C(C)C. The van der Waals surface area contributed by atoms with E-state index >= 15 is 0 Å². The van der Waals surface area contributed by atoms with Crippen molar-refractivity contribution in [2.75, 3.05) is 7.11 Å². The molecule has 1 aliphatic heterocycles. The van der Waals surface area contributed by atoms with Crippen molar-refractivity contribution in [3.63, 3.8) is 0 Å². The number of carbonyl (C=O) groups is 2. The minimum atomic E-state index is -0.388. The summed E-state index contributed by atoms with van der Waals surface area (Å²) in [7, 11) is 1.40. The number of likely N-dealkylation sites (tertiary alicyclic amines) is 1. The number of allylic oxidation sites excluding steroid dienone is 1. The molecule has 19 heavy (non-hydrogen) atoms. The first-order valence-corrected chi connectivity index (χ1v) is 7.09. The predicted molar refractivity (Wildman–Crippen MR) is 72.4 cm³/mol. The van der Waals surface area contributed by atoms with Crippen molar-refractivity contribution in [1.82, 2.24) is 4.90 Å². The lowest BCUT2D eigenvalue weighted by molar-refractivity contribution is -0.150. The molecule has 2 rings (SSSR count). The van der Waals surface area contributed by atoms with Gasteiger partial charge in [0, 0.05) is 12.1 Å². The molecule has 1 saturated carbocycles. The van der Waals surface area contributed by atoms with E-state index < -0.39 is 0 Å². The van der Waals surface area contributed by atoms with Gasteiger partial charge in [-0.05, 0) is 39.0 Å². The van der Waals surface area contributed by atoms with Crippen LogP contribution in [0.1, 0.15) is 46.0 Å². The molecule has 2 fully saturated rings. The van der Waals surface area contributed by atoms with E-state index in [2.05, 4.69) is 0 Å². The fourth-order valence-electron chi connectivity index (χ4n) is 3.45. The zero-order valence-electron chi connectivity index (χ0n) is 12.0. The van der Waals surface area contributed by atoms with Gasteiger partial charge in [-0.2, -0.15) is 0 Å². The average molecular weight is 265 g/mol. The largest absolute Gasteiger partial charge is 0.467 e. The van der Waals surface area contributed by atoms with Crippen molar-refractivity contribution in [1.29, 1.82) is 0 Å². The van der Waals surface area contributed by atoms with Crippen molar-refractivity contribution in [3.05, 3.63) is 11.6 Å². The molecule has 3 atom stereocenters. The first-order chi connectivity index (χ1) is 9.04. The van der Waals surface area contributed by atoms with E-state index in [0.717, 1.165) is 31.3 Å². The van der Waals surface area contributed by atoms with E-state index in [0.29, 0.717) is 5.92 Å². The summed E-state index contributed by atoms with van der Waals surface area (Å²) in [4.78, 5) is 26.1. The Balaban J connectivity index is 2.25. The van der Waals surface area contributed by atoms with E-state index in [9.17, 15) is 9.59 Å². The molecule has 0 unspecified atom stereocenters. The smallest absolute Gasteiger partial charge is 0.328 e. The number of ether oxygens (including phenoxy) is 1. The molecule has 0 aromatic heterocycles. The van der Waals surface area contributed by atoms with Gasteiger partial charge in [0.2, 0.25) is 5.91 Å². The molecule has 0 radical (unpaired) electrons. The Labute approximate surface area is 114 Å². The molecule has 0 N–H and O–H groups in total. The van der Waals surface area contributed by atoms with Gasteiger partial charge in [-0.3, -0.25) is 4.79 Å². The van der Waals surface area contributed by atoms with Crippen molar-refractivity contribution in [3.8, 4) is 0 Å². The summed E-state index contributed by atoms with van der Waals surface area (Å²) >= 11 is 0. The molecule has 1 aliphatic carbocycles. The van der Waals surface area contributed by atoms with Crippen LogP contribution in [0.5, 0.6) is 0 Å². The lowest BCUT2D eigenvalue weighted by Gasteiger charge is -2.32. The summed E-state index contributed by atoms with van der Waals surface area (Å²) in [5.74, 6) is 0.155. The number of hydrogen-bond donors (Lipinski definition) is 0. The molecule has 4 nitrogen and oxygen atoms in total. The van der Waals surface area contributed by atoms with Crippen LogP contribution in [0, 0.1) is 5.92 Å². The lowest BCUT2D eigenvalue weighted by Crippen LogP contribution is -2.46. The number of fused-ring (bicyclic) bond motifs is 1. The van der Waals surface area contributed by atoms with Crippen LogP contribution in [0.2, 0.25) is 0 Å². The summed E-state index contributed by atoms with van der Waals surface area (Å²) in [6.45, 7) is 3.80. The highest BCUT2D eigenvalue weighted by molar-refractivity contribution is 5.92. The normalized spacial score (nSPS) is 29.6. The van der Waals surface area contributed by atoms with Crippen molar-refractivity contribution < 1.29 is 14.3 Å². The first kappa shape index (κ1) is 14.1. The molecule has 0 aromatic carbocycles. The van der Waals surface area contributed by atoms with E-state index in [-0.39, 0.29) is 24.0 Å². The quantitative estimate of drug-likeness (QED) is 0.568. The Morgan fingerprint density at radius 3 is 2.53 bits per heavy atom. The van der Waals surface area contributed by atoms with Crippen LogP contribution < -0.4 is 0 Å².